The number of hydrogen-bond acceptors (Lipinski definition) is 4. The molecule has 112 valence electrons. The van der Waals surface area contributed by atoms with Gasteiger partial charge in [-0.25, -0.2) is 0 Å². The third-order valence-corrected chi connectivity index (χ3v) is 3.41. The van der Waals surface area contributed by atoms with E-state index >= 15 is 0 Å². The van der Waals surface area contributed by atoms with Gasteiger partial charge in [0, 0.05) is 30.7 Å². The van der Waals surface area contributed by atoms with Crippen LogP contribution < -0.4 is 5.32 Å². The zero-order valence-electron chi connectivity index (χ0n) is 12.1. The smallest absolute Gasteiger partial charge is 0.244 e. The van der Waals surface area contributed by atoms with Crippen LogP contribution in [0.3, 0.4) is 0 Å². The largest absolute Gasteiger partial charge is 0.472 e. The van der Waals surface area contributed by atoms with Crippen LogP contribution in [0.15, 0.2) is 59.8 Å². The van der Waals surface area contributed by atoms with E-state index in [0.717, 1.165) is 16.8 Å². The molecule has 6 heteroatoms. The van der Waals surface area contributed by atoms with Crippen molar-refractivity contribution >= 4 is 5.91 Å². The minimum absolute atomic E-state index is 0.0809. The third-order valence-electron chi connectivity index (χ3n) is 3.41. The molecule has 0 radical (unpaired) electrons. The van der Waals surface area contributed by atoms with Gasteiger partial charge in [0.25, 0.3) is 0 Å². The SMILES string of the molecule is C[C@@H](C(=O)NCc1ccc(-c2ccoc2)nc1)n1cccn1. The van der Waals surface area contributed by atoms with E-state index in [1.165, 1.54) is 0 Å². The molecule has 1 amide bonds. The van der Waals surface area contributed by atoms with Crippen molar-refractivity contribution in [2.75, 3.05) is 0 Å². The number of furan rings is 1. The van der Waals surface area contributed by atoms with Gasteiger partial charge >= 0.3 is 0 Å². The average Bonchev–Trinajstić information content (AvgIpc) is 3.25. The Bertz CT molecular complexity index is 718. The lowest BCUT2D eigenvalue weighted by atomic mass is 10.2. The number of pyridine rings is 1. The van der Waals surface area contributed by atoms with Crippen molar-refractivity contribution in [3.8, 4) is 11.3 Å². The van der Waals surface area contributed by atoms with Gasteiger partial charge in [0.15, 0.2) is 0 Å². The molecular weight excluding hydrogens is 280 g/mol. The average molecular weight is 296 g/mol. The first-order valence-corrected chi connectivity index (χ1v) is 6.98. The molecule has 0 unspecified atom stereocenters. The Balaban J connectivity index is 1.58. The molecule has 6 nitrogen and oxygen atoms in total. The second kappa shape index (κ2) is 6.26. The van der Waals surface area contributed by atoms with Crippen LogP contribution in [0.4, 0.5) is 0 Å². The maximum atomic E-state index is 12.1. The molecule has 0 aliphatic heterocycles. The van der Waals surface area contributed by atoms with Crippen LogP contribution in [0.1, 0.15) is 18.5 Å². The van der Waals surface area contributed by atoms with Crippen LogP contribution in [0.5, 0.6) is 0 Å². The molecular formula is C16H16N4O2. The summed E-state index contributed by atoms with van der Waals surface area (Å²) >= 11 is 0. The number of nitrogens with one attached hydrogen (secondary N) is 1. The number of aromatic nitrogens is 3. The lowest BCUT2D eigenvalue weighted by Gasteiger charge is -2.12. The predicted molar refractivity (Wildman–Crippen MR) is 80.7 cm³/mol. The topological polar surface area (TPSA) is 73.0 Å². The normalized spacial score (nSPS) is 12.0. The van der Waals surface area contributed by atoms with Crippen LogP contribution in [0, 0.1) is 0 Å². The van der Waals surface area contributed by atoms with Crippen LogP contribution in [-0.2, 0) is 11.3 Å². The molecule has 0 aliphatic rings. The van der Waals surface area contributed by atoms with E-state index in [-0.39, 0.29) is 11.9 Å². The molecule has 0 saturated carbocycles. The summed E-state index contributed by atoms with van der Waals surface area (Å²) in [7, 11) is 0. The Morgan fingerprint density at radius 2 is 2.32 bits per heavy atom. The van der Waals surface area contributed by atoms with E-state index in [0.29, 0.717) is 6.54 Å². The first-order chi connectivity index (χ1) is 10.7. The molecule has 0 spiro atoms. The number of carbonyl (C=O) groups is 1. The highest BCUT2D eigenvalue weighted by Gasteiger charge is 2.14. The molecule has 0 aromatic carbocycles. The van der Waals surface area contributed by atoms with Gasteiger partial charge in [0.1, 0.15) is 6.04 Å². The summed E-state index contributed by atoms with van der Waals surface area (Å²) in [5, 5.41) is 6.95. The molecule has 1 N–H and O–H groups in total. The summed E-state index contributed by atoms with van der Waals surface area (Å²) in [5.41, 5.74) is 2.71. The van der Waals surface area contributed by atoms with Crippen LogP contribution >= 0.6 is 0 Å². The van der Waals surface area contributed by atoms with E-state index in [1.54, 1.807) is 41.9 Å². The van der Waals surface area contributed by atoms with E-state index < -0.39 is 0 Å². The lowest BCUT2D eigenvalue weighted by molar-refractivity contribution is -0.124. The number of carbonyl (C=O) groups excluding carboxylic acids is 1. The van der Waals surface area contributed by atoms with E-state index in [1.807, 2.05) is 25.1 Å². The first kappa shape index (κ1) is 14.1. The zero-order valence-corrected chi connectivity index (χ0v) is 12.1. The molecule has 22 heavy (non-hydrogen) atoms. The minimum Gasteiger partial charge on any atom is -0.472 e. The van der Waals surface area contributed by atoms with Crippen molar-refractivity contribution in [3.05, 3.63) is 60.9 Å². The predicted octanol–water partition coefficient (Wildman–Crippen LogP) is 2.42. The second-order valence-electron chi connectivity index (χ2n) is 4.94. The van der Waals surface area contributed by atoms with Gasteiger partial charge in [-0.05, 0) is 30.7 Å². The highest BCUT2D eigenvalue weighted by atomic mass is 16.3. The molecule has 0 bridgehead atoms. The number of amides is 1. The summed E-state index contributed by atoms with van der Waals surface area (Å²) in [6.07, 6.45) is 8.44. The molecule has 3 rings (SSSR count). The molecule has 3 heterocycles. The summed E-state index contributed by atoms with van der Waals surface area (Å²) in [4.78, 5) is 16.4. The van der Waals surface area contributed by atoms with Crippen molar-refractivity contribution in [1.82, 2.24) is 20.1 Å². The zero-order chi connectivity index (χ0) is 15.4. The van der Waals surface area contributed by atoms with Gasteiger partial charge < -0.3 is 9.73 Å². The Morgan fingerprint density at radius 1 is 1.41 bits per heavy atom. The number of hydrogen-bond donors (Lipinski definition) is 1. The van der Waals surface area contributed by atoms with Crippen molar-refractivity contribution in [2.24, 2.45) is 0 Å². The Morgan fingerprint density at radius 3 is 2.95 bits per heavy atom. The Labute approximate surface area is 127 Å². The summed E-state index contributed by atoms with van der Waals surface area (Å²) in [6, 6.07) is 7.16. The number of nitrogens with zero attached hydrogens (tertiary/aromatic N) is 3. The maximum absolute atomic E-state index is 12.1. The molecule has 3 aromatic rings. The van der Waals surface area contributed by atoms with E-state index in [9.17, 15) is 4.79 Å². The lowest BCUT2D eigenvalue weighted by Crippen LogP contribution is -2.30. The van der Waals surface area contributed by atoms with Crippen LogP contribution in [-0.4, -0.2) is 20.7 Å². The number of rotatable bonds is 5. The van der Waals surface area contributed by atoms with Crippen LogP contribution in [0.2, 0.25) is 0 Å². The van der Waals surface area contributed by atoms with Crippen molar-refractivity contribution in [2.45, 2.75) is 19.5 Å². The fourth-order valence-corrected chi connectivity index (χ4v) is 2.08. The van der Waals surface area contributed by atoms with E-state index in [2.05, 4.69) is 15.4 Å². The standard InChI is InChI=1S/C16H16N4O2/c1-12(20-7-2-6-19-20)16(21)18-10-13-3-4-15(17-9-13)14-5-8-22-11-14/h2-9,11-12H,10H2,1H3,(H,18,21)/t12-/m0/s1. The second-order valence-corrected chi connectivity index (χ2v) is 4.94. The van der Waals surface area contributed by atoms with Gasteiger partial charge in [0.05, 0.1) is 18.2 Å². The van der Waals surface area contributed by atoms with Gasteiger partial charge in [-0.3, -0.25) is 14.5 Å². The fraction of sp³-hybridized carbons (Fsp3) is 0.188. The maximum Gasteiger partial charge on any atom is 0.244 e. The summed E-state index contributed by atoms with van der Waals surface area (Å²) < 4.78 is 6.66. The van der Waals surface area contributed by atoms with E-state index in [4.69, 9.17) is 4.42 Å². The van der Waals surface area contributed by atoms with Crippen molar-refractivity contribution in [3.63, 3.8) is 0 Å². The van der Waals surface area contributed by atoms with Crippen molar-refractivity contribution in [1.29, 1.82) is 0 Å². The highest BCUT2D eigenvalue weighted by molar-refractivity contribution is 5.79. The van der Waals surface area contributed by atoms with Crippen LogP contribution in [0.25, 0.3) is 11.3 Å². The van der Waals surface area contributed by atoms with Crippen molar-refractivity contribution < 1.29 is 9.21 Å². The third kappa shape index (κ3) is 3.06. The van der Waals surface area contributed by atoms with Gasteiger partial charge in [-0.1, -0.05) is 6.07 Å². The van der Waals surface area contributed by atoms with Gasteiger partial charge in [0.2, 0.25) is 5.91 Å². The molecule has 3 aromatic heterocycles. The summed E-state index contributed by atoms with van der Waals surface area (Å²) in [6.45, 7) is 2.24. The molecule has 0 fully saturated rings. The molecule has 0 aliphatic carbocycles. The fourth-order valence-electron chi connectivity index (χ4n) is 2.08. The first-order valence-electron chi connectivity index (χ1n) is 6.98. The Hall–Kier alpha value is -2.89. The molecule has 1 atom stereocenters. The quantitative estimate of drug-likeness (QED) is 0.784. The van der Waals surface area contributed by atoms with Gasteiger partial charge in [-0.15, -0.1) is 0 Å². The molecule has 0 saturated heterocycles. The monoisotopic (exact) mass is 296 g/mol. The minimum atomic E-state index is -0.340. The highest BCUT2D eigenvalue weighted by Crippen LogP contribution is 2.17. The Kier molecular flexibility index (Phi) is 4.00. The van der Waals surface area contributed by atoms with Gasteiger partial charge in [-0.2, -0.15) is 5.10 Å². The summed E-state index contributed by atoms with van der Waals surface area (Å²) in [5.74, 6) is -0.0809.